The predicted molar refractivity (Wildman–Crippen MR) is 63.3 cm³/mol. The summed E-state index contributed by atoms with van der Waals surface area (Å²) in [6.07, 6.45) is -3.70. The van der Waals surface area contributed by atoms with Crippen LogP contribution in [0, 0.1) is 5.92 Å². The molecule has 0 bridgehead atoms. The average molecular weight is 295 g/mol. The van der Waals surface area contributed by atoms with Crippen LogP contribution in [0.1, 0.15) is 20.3 Å². The van der Waals surface area contributed by atoms with Crippen molar-refractivity contribution in [2.75, 3.05) is 13.6 Å². The standard InChI is InChI=1S/C10H18F4N2O.ClH/c1-6(2)7(15)4-5-16(3)9(17)10(13,14)8(11)12;/h6-8H,4-5,15H2,1-3H3;1H. The molecule has 2 N–H and O–H groups in total. The Labute approximate surface area is 110 Å². The molecule has 1 amide bonds. The third-order valence-electron chi connectivity index (χ3n) is 2.56. The highest BCUT2D eigenvalue weighted by Crippen LogP contribution is 2.25. The second kappa shape index (κ2) is 7.78. The summed E-state index contributed by atoms with van der Waals surface area (Å²) in [5.41, 5.74) is 5.66. The summed E-state index contributed by atoms with van der Waals surface area (Å²) in [5, 5.41) is 0. The molecule has 0 aliphatic carbocycles. The summed E-state index contributed by atoms with van der Waals surface area (Å²) >= 11 is 0. The first-order chi connectivity index (χ1) is 7.60. The number of carbonyl (C=O) groups excluding carboxylic acids is 1. The van der Waals surface area contributed by atoms with E-state index in [2.05, 4.69) is 0 Å². The van der Waals surface area contributed by atoms with Gasteiger partial charge in [-0.25, -0.2) is 8.78 Å². The zero-order chi connectivity index (χ0) is 13.8. The fraction of sp³-hybridized carbons (Fsp3) is 0.900. The monoisotopic (exact) mass is 294 g/mol. The molecule has 3 nitrogen and oxygen atoms in total. The Hall–Kier alpha value is -0.560. The first-order valence-corrected chi connectivity index (χ1v) is 5.27. The number of nitrogens with zero attached hydrogens (tertiary/aromatic N) is 1. The zero-order valence-electron chi connectivity index (χ0n) is 10.5. The van der Waals surface area contributed by atoms with Crippen molar-refractivity contribution in [1.82, 2.24) is 4.90 Å². The van der Waals surface area contributed by atoms with Gasteiger partial charge in [-0.05, 0) is 12.3 Å². The van der Waals surface area contributed by atoms with Gasteiger partial charge in [-0.15, -0.1) is 12.4 Å². The lowest BCUT2D eigenvalue weighted by Gasteiger charge is -2.24. The molecule has 0 saturated heterocycles. The van der Waals surface area contributed by atoms with Crippen molar-refractivity contribution in [2.45, 2.75) is 38.7 Å². The molecule has 0 radical (unpaired) electrons. The van der Waals surface area contributed by atoms with E-state index < -0.39 is 18.3 Å². The van der Waals surface area contributed by atoms with Gasteiger partial charge in [0.2, 0.25) is 0 Å². The number of amides is 1. The fourth-order valence-electron chi connectivity index (χ4n) is 1.13. The van der Waals surface area contributed by atoms with Gasteiger partial charge in [0.05, 0.1) is 0 Å². The lowest BCUT2D eigenvalue weighted by atomic mass is 10.0. The summed E-state index contributed by atoms with van der Waals surface area (Å²) in [4.78, 5) is 11.6. The van der Waals surface area contributed by atoms with Crippen molar-refractivity contribution in [3.05, 3.63) is 0 Å². The first kappa shape index (κ1) is 19.8. The van der Waals surface area contributed by atoms with Crippen LogP contribution in [0.5, 0.6) is 0 Å². The van der Waals surface area contributed by atoms with Gasteiger partial charge < -0.3 is 10.6 Å². The van der Waals surface area contributed by atoms with E-state index in [1.807, 2.05) is 13.8 Å². The van der Waals surface area contributed by atoms with Crippen LogP contribution in [0.3, 0.4) is 0 Å². The van der Waals surface area contributed by atoms with E-state index in [1.54, 1.807) is 0 Å². The number of hydrogen-bond donors (Lipinski definition) is 1. The third kappa shape index (κ3) is 5.39. The van der Waals surface area contributed by atoms with Gasteiger partial charge in [0.25, 0.3) is 5.91 Å². The zero-order valence-corrected chi connectivity index (χ0v) is 11.3. The van der Waals surface area contributed by atoms with Gasteiger partial charge in [0, 0.05) is 19.6 Å². The van der Waals surface area contributed by atoms with Crippen LogP contribution < -0.4 is 5.73 Å². The summed E-state index contributed by atoms with van der Waals surface area (Å²) in [7, 11) is 1.06. The molecule has 1 unspecified atom stereocenters. The molecular weight excluding hydrogens is 276 g/mol. The Bertz CT molecular complexity index is 264. The Balaban J connectivity index is 0. The van der Waals surface area contributed by atoms with E-state index in [0.29, 0.717) is 11.3 Å². The number of rotatable bonds is 6. The molecule has 0 fully saturated rings. The van der Waals surface area contributed by atoms with Gasteiger partial charge in [-0.3, -0.25) is 4.79 Å². The predicted octanol–water partition coefficient (Wildman–Crippen LogP) is 2.14. The molecule has 0 aromatic rings. The van der Waals surface area contributed by atoms with Crippen LogP contribution >= 0.6 is 12.4 Å². The smallest absolute Gasteiger partial charge is 0.340 e. The molecular formula is C10H19ClF4N2O. The van der Waals surface area contributed by atoms with E-state index in [9.17, 15) is 22.4 Å². The van der Waals surface area contributed by atoms with E-state index in [1.165, 1.54) is 0 Å². The van der Waals surface area contributed by atoms with E-state index >= 15 is 0 Å². The first-order valence-electron chi connectivity index (χ1n) is 5.27. The third-order valence-corrected chi connectivity index (χ3v) is 2.56. The Morgan fingerprint density at radius 1 is 1.33 bits per heavy atom. The number of nitrogens with two attached hydrogens (primary N) is 1. The molecule has 0 aliphatic rings. The normalized spacial score (nSPS) is 13.4. The molecule has 0 heterocycles. The molecule has 0 aliphatic heterocycles. The maximum atomic E-state index is 12.7. The molecule has 1 atom stereocenters. The molecule has 8 heteroatoms. The fourth-order valence-corrected chi connectivity index (χ4v) is 1.13. The van der Waals surface area contributed by atoms with Crippen LogP contribution in [0.4, 0.5) is 17.6 Å². The highest BCUT2D eigenvalue weighted by molar-refractivity contribution is 5.85. The largest absolute Gasteiger partial charge is 0.383 e. The Morgan fingerprint density at radius 3 is 2.11 bits per heavy atom. The number of alkyl halides is 4. The molecule has 110 valence electrons. The second-order valence-electron chi connectivity index (χ2n) is 4.35. The maximum absolute atomic E-state index is 12.7. The number of carbonyl (C=O) groups is 1. The van der Waals surface area contributed by atoms with Crippen molar-refractivity contribution in [2.24, 2.45) is 11.7 Å². The summed E-state index contributed by atoms with van der Waals surface area (Å²) in [5.74, 6) is -6.37. The van der Waals surface area contributed by atoms with Crippen LogP contribution in [0.25, 0.3) is 0 Å². The lowest BCUT2D eigenvalue weighted by molar-refractivity contribution is -0.179. The van der Waals surface area contributed by atoms with Crippen LogP contribution in [-0.2, 0) is 4.79 Å². The second-order valence-corrected chi connectivity index (χ2v) is 4.35. The summed E-state index contributed by atoms with van der Waals surface area (Å²) in [6, 6.07) is -0.259. The topological polar surface area (TPSA) is 46.3 Å². The lowest BCUT2D eigenvalue weighted by Crippen LogP contribution is -2.47. The van der Waals surface area contributed by atoms with Gasteiger partial charge >= 0.3 is 12.3 Å². The minimum atomic E-state index is -4.63. The maximum Gasteiger partial charge on any atom is 0.383 e. The number of halogens is 5. The Morgan fingerprint density at radius 2 is 1.78 bits per heavy atom. The minimum absolute atomic E-state index is 0. The average Bonchev–Trinajstić information content (AvgIpc) is 2.23. The molecule has 0 aromatic carbocycles. The van der Waals surface area contributed by atoms with E-state index in [4.69, 9.17) is 5.73 Å². The van der Waals surface area contributed by atoms with Crippen LogP contribution in [0.15, 0.2) is 0 Å². The van der Waals surface area contributed by atoms with Crippen molar-refractivity contribution in [3.8, 4) is 0 Å². The Kier molecular flexibility index (Phi) is 8.55. The molecule has 18 heavy (non-hydrogen) atoms. The molecule has 0 spiro atoms. The minimum Gasteiger partial charge on any atom is -0.340 e. The van der Waals surface area contributed by atoms with Crippen LogP contribution in [0.2, 0.25) is 0 Å². The van der Waals surface area contributed by atoms with Gasteiger partial charge in [0.1, 0.15) is 0 Å². The van der Waals surface area contributed by atoms with Crippen LogP contribution in [-0.4, -0.2) is 42.8 Å². The highest BCUT2D eigenvalue weighted by Gasteiger charge is 2.50. The van der Waals surface area contributed by atoms with Crippen molar-refractivity contribution in [1.29, 1.82) is 0 Å². The number of hydrogen-bond acceptors (Lipinski definition) is 2. The summed E-state index contributed by atoms with van der Waals surface area (Å²) < 4.78 is 49.3. The van der Waals surface area contributed by atoms with Gasteiger partial charge in [-0.2, -0.15) is 8.78 Å². The van der Waals surface area contributed by atoms with E-state index in [0.717, 1.165) is 7.05 Å². The van der Waals surface area contributed by atoms with E-state index in [-0.39, 0.29) is 30.9 Å². The van der Waals surface area contributed by atoms with Crippen molar-refractivity contribution < 1.29 is 22.4 Å². The van der Waals surface area contributed by atoms with Crippen molar-refractivity contribution >= 4 is 18.3 Å². The molecule has 0 saturated carbocycles. The SMILES string of the molecule is CC(C)C(N)CCN(C)C(=O)C(F)(F)C(F)F.Cl. The van der Waals surface area contributed by atoms with Gasteiger partial charge in [0.15, 0.2) is 0 Å². The molecule has 0 aromatic heterocycles. The molecule has 0 rings (SSSR count). The quantitative estimate of drug-likeness (QED) is 0.763. The van der Waals surface area contributed by atoms with Gasteiger partial charge in [-0.1, -0.05) is 13.8 Å². The summed E-state index contributed by atoms with van der Waals surface area (Å²) in [6.45, 7) is 3.63. The van der Waals surface area contributed by atoms with Crippen molar-refractivity contribution in [3.63, 3.8) is 0 Å². The highest BCUT2D eigenvalue weighted by atomic mass is 35.5.